The molecule has 0 aliphatic carbocycles. The summed E-state index contributed by atoms with van der Waals surface area (Å²) in [5, 5.41) is 21.2. The Hall–Kier alpha value is -4.19. The van der Waals surface area contributed by atoms with Crippen LogP contribution in [0.4, 0.5) is 5.13 Å². The Morgan fingerprint density at radius 3 is 2.60 bits per heavy atom. The predicted octanol–water partition coefficient (Wildman–Crippen LogP) is 6.86. The summed E-state index contributed by atoms with van der Waals surface area (Å²) in [4.78, 5) is 33.2. The lowest BCUT2D eigenvalue weighted by molar-refractivity contribution is -0.132. The van der Waals surface area contributed by atoms with Crippen LogP contribution in [-0.2, 0) is 15.3 Å². The monoisotopic (exact) mass is 631 g/mol. The Bertz CT molecular complexity index is 1870. The Labute approximate surface area is 260 Å². The number of rotatable bonds is 9. The second-order valence-electron chi connectivity index (χ2n) is 9.79. The van der Waals surface area contributed by atoms with Gasteiger partial charge in [-0.25, -0.2) is 4.98 Å². The van der Waals surface area contributed by atoms with Crippen LogP contribution in [0.1, 0.15) is 41.9 Å². The van der Waals surface area contributed by atoms with Gasteiger partial charge in [-0.05, 0) is 54.8 Å². The van der Waals surface area contributed by atoms with Crippen molar-refractivity contribution in [3.8, 4) is 5.75 Å². The second kappa shape index (κ2) is 12.2. The minimum Gasteiger partial charge on any atom is -0.505 e. The Morgan fingerprint density at radius 2 is 1.84 bits per heavy atom. The SMILES string of the molecule is CCCOc1ccc(C2/C(=C(\O)c3c(C)nc4ccccn34)C(=O)C(=O)N2c2nnc(SCc3ccccc3Cl)s2)cc1. The normalized spacial score (nSPS) is 16.3. The highest BCUT2D eigenvalue weighted by Gasteiger charge is 2.49. The fourth-order valence-electron chi connectivity index (χ4n) is 4.95. The molecule has 43 heavy (non-hydrogen) atoms. The molecule has 1 atom stereocenters. The number of nitrogens with zero attached hydrogens (tertiary/aromatic N) is 5. The summed E-state index contributed by atoms with van der Waals surface area (Å²) in [6.45, 7) is 4.33. The maximum absolute atomic E-state index is 13.7. The van der Waals surface area contributed by atoms with Gasteiger partial charge in [-0.3, -0.25) is 18.9 Å². The molecular weight excluding hydrogens is 606 g/mol. The molecule has 0 saturated carbocycles. The number of anilines is 1. The fraction of sp³-hybridized carbons (Fsp3) is 0.194. The maximum Gasteiger partial charge on any atom is 0.301 e. The number of hydrogen-bond acceptors (Lipinski definition) is 9. The van der Waals surface area contributed by atoms with E-state index in [2.05, 4.69) is 15.2 Å². The lowest BCUT2D eigenvalue weighted by atomic mass is 9.96. The first kappa shape index (κ1) is 28.9. The van der Waals surface area contributed by atoms with Crippen LogP contribution >= 0.6 is 34.7 Å². The number of fused-ring (bicyclic) bond motifs is 1. The number of aliphatic hydroxyl groups excluding tert-OH is 1. The summed E-state index contributed by atoms with van der Waals surface area (Å²) in [5.74, 6) is -0.716. The van der Waals surface area contributed by atoms with Crippen LogP contribution in [0.3, 0.4) is 0 Å². The number of ketones is 1. The highest BCUT2D eigenvalue weighted by atomic mass is 35.5. The quantitative estimate of drug-likeness (QED) is 0.0618. The molecular formula is C31H26ClN5O4S2. The van der Waals surface area contributed by atoms with Gasteiger partial charge in [0.15, 0.2) is 10.1 Å². The van der Waals surface area contributed by atoms with Gasteiger partial charge in [0.2, 0.25) is 5.13 Å². The molecule has 0 radical (unpaired) electrons. The van der Waals surface area contributed by atoms with E-state index in [0.29, 0.717) is 50.1 Å². The van der Waals surface area contributed by atoms with Gasteiger partial charge in [0.25, 0.3) is 5.78 Å². The molecule has 1 N–H and O–H groups in total. The molecule has 1 amide bonds. The van der Waals surface area contributed by atoms with Gasteiger partial charge in [-0.1, -0.05) is 78.0 Å². The van der Waals surface area contributed by atoms with Gasteiger partial charge in [0.1, 0.15) is 17.1 Å². The summed E-state index contributed by atoms with van der Waals surface area (Å²) >= 11 is 8.94. The smallest absolute Gasteiger partial charge is 0.301 e. The highest BCUT2D eigenvalue weighted by Crippen LogP contribution is 2.44. The largest absolute Gasteiger partial charge is 0.505 e. The molecule has 1 fully saturated rings. The fourth-order valence-corrected chi connectivity index (χ4v) is 7.10. The van der Waals surface area contributed by atoms with Crippen molar-refractivity contribution in [3.63, 3.8) is 0 Å². The van der Waals surface area contributed by atoms with Crippen molar-refractivity contribution in [1.29, 1.82) is 0 Å². The van der Waals surface area contributed by atoms with E-state index in [9.17, 15) is 14.7 Å². The van der Waals surface area contributed by atoms with E-state index < -0.39 is 17.7 Å². The molecule has 9 nitrogen and oxygen atoms in total. The van der Waals surface area contributed by atoms with Crippen LogP contribution < -0.4 is 9.64 Å². The molecule has 5 aromatic rings. The van der Waals surface area contributed by atoms with Crippen molar-refractivity contribution in [2.45, 2.75) is 36.4 Å². The summed E-state index contributed by atoms with van der Waals surface area (Å²) in [6, 6.07) is 19.2. The van der Waals surface area contributed by atoms with Gasteiger partial charge in [0.05, 0.1) is 23.9 Å². The first-order valence-corrected chi connectivity index (χ1v) is 15.7. The topological polar surface area (TPSA) is 110 Å². The third kappa shape index (κ3) is 5.51. The number of aromatic nitrogens is 4. The van der Waals surface area contributed by atoms with E-state index in [1.54, 1.807) is 53.9 Å². The van der Waals surface area contributed by atoms with Crippen LogP contribution in [0.2, 0.25) is 5.02 Å². The number of hydrogen-bond donors (Lipinski definition) is 1. The molecule has 1 aliphatic rings. The third-order valence-corrected chi connectivity index (χ3v) is 9.43. The first-order chi connectivity index (χ1) is 20.9. The number of benzene rings is 2. The average molecular weight is 632 g/mol. The predicted molar refractivity (Wildman–Crippen MR) is 168 cm³/mol. The van der Waals surface area contributed by atoms with E-state index >= 15 is 0 Å². The lowest BCUT2D eigenvalue weighted by Gasteiger charge is -2.22. The lowest BCUT2D eigenvalue weighted by Crippen LogP contribution is -2.29. The van der Waals surface area contributed by atoms with Crippen molar-refractivity contribution in [2.24, 2.45) is 0 Å². The molecule has 12 heteroatoms. The number of carbonyl (C=O) groups excluding carboxylic acids is 2. The van der Waals surface area contributed by atoms with Gasteiger partial charge >= 0.3 is 5.91 Å². The number of Topliss-reactive ketones (excluding diaryl/α,β-unsaturated/α-hetero) is 1. The number of pyridine rings is 1. The van der Waals surface area contributed by atoms with Crippen LogP contribution in [-0.4, -0.2) is 43.0 Å². The zero-order valence-electron chi connectivity index (χ0n) is 23.2. The number of aryl methyl sites for hydroxylation is 1. The van der Waals surface area contributed by atoms with Crippen molar-refractivity contribution in [1.82, 2.24) is 19.6 Å². The summed E-state index contributed by atoms with van der Waals surface area (Å²) in [6.07, 6.45) is 2.61. The molecule has 0 bridgehead atoms. The average Bonchev–Trinajstić information content (AvgIpc) is 3.69. The number of thioether (sulfide) groups is 1. The van der Waals surface area contributed by atoms with Crippen molar-refractivity contribution >= 4 is 62.9 Å². The third-order valence-electron chi connectivity index (χ3n) is 6.95. The molecule has 1 saturated heterocycles. The van der Waals surface area contributed by atoms with Crippen LogP contribution in [0, 0.1) is 6.92 Å². The van der Waals surface area contributed by atoms with Crippen LogP contribution in [0.15, 0.2) is 82.8 Å². The second-order valence-corrected chi connectivity index (χ2v) is 12.4. The Balaban J connectivity index is 1.43. The van der Waals surface area contributed by atoms with E-state index in [4.69, 9.17) is 16.3 Å². The molecule has 6 rings (SSSR count). The molecule has 2 aromatic carbocycles. The van der Waals surface area contributed by atoms with Crippen molar-refractivity contribution < 1.29 is 19.4 Å². The Kier molecular flexibility index (Phi) is 8.20. The molecule has 0 spiro atoms. The minimum absolute atomic E-state index is 0.0542. The molecule has 4 heterocycles. The highest BCUT2D eigenvalue weighted by molar-refractivity contribution is 8.00. The van der Waals surface area contributed by atoms with Gasteiger partial charge in [0, 0.05) is 17.0 Å². The van der Waals surface area contributed by atoms with Gasteiger partial charge in [-0.15, -0.1) is 10.2 Å². The van der Waals surface area contributed by atoms with E-state index in [1.807, 2.05) is 37.3 Å². The zero-order chi connectivity index (χ0) is 30.1. The number of imidazole rings is 1. The van der Waals surface area contributed by atoms with E-state index in [1.165, 1.54) is 28.0 Å². The van der Waals surface area contributed by atoms with Gasteiger partial charge < -0.3 is 9.84 Å². The number of amides is 1. The number of aliphatic hydroxyl groups is 1. The molecule has 218 valence electrons. The standard InChI is InChI=1S/C31H26ClN5O4S2/c1-3-16-41-21-13-11-19(12-14-21)26-24(27(38)25-18(2)33-23-10-6-7-15-36(23)25)28(39)29(40)37(26)30-34-35-31(43-30)42-17-20-8-4-5-9-22(20)32/h4-15,26,38H,3,16-17H2,1-2H3/b27-24+. The molecule has 1 unspecified atom stereocenters. The number of halogens is 1. The van der Waals surface area contributed by atoms with E-state index in [0.717, 1.165) is 12.0 Å². The van der Waals surface area contributed by atoms with Crippen molar-refractivity contribution in [3.05, 3.63) is 106 Å². The molecule has 3 aromatic heterocycles. The summed E-state index contributed by atoms with van der Waals surface area (Å²) in [5.41, 5.74) is 2.97. The van der Waals surface area contributed by atoms with Crippen LogP contribution in [0.25, 0.3) is 11.4 Å². The van der Waals surface area contributed by atoms with Gasteiger partial charge in [-0.2, -0.15) is 0 Å². The zero-order valence-corrected chi connectivity index (χ0v) is 25.6. The molecule has 1 aliphatic heterocycles. The van der Waals surface area contributed by atoms with Crippen molar-refractivity contribution in [2.75, 3.05) is 11.5 Å². The number of ether oxygens (including phenoxy) is 1. The number of carbonyl (C=O) groups is 2. The maximum atomic E-state index is 13.7. The Morgan fingerprint density at radius 1 is 1.07 bits per heavy atom. The summed E-state index contributed by atoms with van der Waals surface area (Å²) < 4.78 is 8.05. The van der Waals surface area contributed by atoms with E-state index in [-0.39, 0.29) is 16.5 Å². The first-order valence-electron chi connectivity index (χ1n) is 13.5. The van der Waals surface area contributed by atoms with Crippen LogP contribution in [0.5, 0.6) is 5.75 Å². The minimum atomic E-state index is -0.955. The summed E-state index contributed by atoms with van der Waals surface area (Å²) in [7, 11) is 0.